The summed E-state index contributed by atoms with van der Waals surface area (Å²) in [5, 5.41) is 23.3. The minimum Gasteiger partial charge on any atom is -0.392 e. The van der Waals surface area contributed by atoms with Gasteiger partial charge in [-0.15, -0.1) is 23.5 Å². The topological polar surface area (TPSA) is 109 Å². The maximum absolute atomic E-state index is 13.5. The summed E-state index contributed by atoms with van der Waals surface area (Å²) >= 11 is 3.74. The number of benzene rings is 4. The van der Waals surface area contributed by atoms with Crippen LogP contribution in [-0.4, -0.2) is 33.9 Å². The zero-order chi connectivity index (χ0) is 41.5. The molecular formula is C46H58F2O6S2. The van der Waals surface area contributed by atoms with Crippen molar-refractivity contribution in [3.63, 3.8) is 0 Å². The summed E-state index contributed by atoms with van der Waals surface area (Å²) in [7, 11) is 0. The van der Waals surface area contributed by atoms with E-state index in [1.807, 2.05) is 47.8 Å². The molecule has 0 fully saturated rings. The zero-order valence-electron chi connectivity index (χ0n) is 33.6. The van der Waals surface area contributed by atoms with E-state index < -0.39 is 12.2 Å². The van der Waals surface area contributed by atoms with Crippen molar-refractivity contribution in [2.24, 2.45) is 10.8 Å². The number of aliphatic hydroxyl groups excluding tert-OH is 2. The standard InChI is InChI=1S/2C23H29FOS.2O2/c2*1-4-6-13-23(5-2)15-26-20-12-7-16(3)14-19(20)21(22(23)25)17-8-10-18(24)11-9-17;2*1-2/h2*7-12,14,21-22,25H,4-6,13,15H2,1-3H3;;/t21-,22-,23+;21-,22-,23-;;/m01../s1. The van der Waals surface area contributed by atoms with Gasteiger partial charge in [0.2, 0.25) is 0 Å². The SMILES string of the molecule is CCCC[C@]1(CC)CSc2ccc(C)cc2[C@@H](c2ccc(F)cc2)[C@H]1O.CCCC[C@]1(CC)CSc2ccc(C)cc2[C@H](c2ccc(F)cc2)[C@@H]1O.O=O.O=O. The Kier molecular flexibility index (Phi) is 18.8. The molecule has 2 aliphatic heterocycles. The number of aryl methyl sites for hydroxylation is 2. The van der Waals surface area contributed by atoms with Crippen LogP contribution in [0.3, 0.4) is 0 Å². The van der Waals surface area contributed by atoms with Crippen molar-refractivity contribution in [3.05, 3.63) is 150 Å². The highest BCUT2D eigenvalue weighted by Crippen LogP contribution is 2.52. The van der Waals surface area contributed by atoms with E-state index in [9.17, 15) is 19.0 Å². The highest BCUT2D eigenvalue weighted by Gasteiger charge is 2.45. The van der Waals surface area contributed by atoms with Gasteiger partial charge >= 0.3 is 0 Å². The summed E-state index contributed by atoms with van der Waals surface area (Å²) < 4.78 is 27.0. The Morgan fingerprint density at radius 1 is 0.571 bits per heavy atom. The van der Waals surface area contributed by atoms with Crippen LogP contribution in [0.25, 0.3) is 0 Å². The molecule has 2 aliphatic rings. The molecule has 10 heteroatoms. The fourth-order valence-corrected chi connectivity index (χ4v) is 11.2. The van der Waals surface area contributed by atoms with Gasteiger partial charge in [0.25, 0.3) is 0 Å². The molecule has 0 aromatic heterocycles. The van der Waals surface area contributed by atoms with E-state index in [0.717, 1.165) is 74.0 Å². The molecule has 56 heavy (non-hydrogen) atoms. The van der Waals surface area contributed by atoms with Gasteiger partial charge in [0.15, 0.2) is 0 Å². The molecule has 0 saturated carbocycles. The Bertz CT molecular complexity index is 1660. The second-order valence-electron chi connectivity index (χ2n) is 15.2. The predicted octanol–water partition coefficient (Wildman–Crippen LogP) is 12.8. The molecule has 2 N–H and O–H groups in total. The normalized spacial score (nSPS) is 23.9. The van der Waals surface area contributed by atoms with Crippen LogP contribution < -0.4 is 0 Å². The molecule has 0 bridgehead atoms. The van der Waals surface area contributed by atoms with Crippen LogP contribution in [0.1, 0.15) is 124 Å². The van der Waals surface area contributed by atoms with Gasteiger partial charge in [-0.3, -0.25) is 0 Å². The largest absolute Gasteiger partial charge is 0.392 e. The van der Waals surface area contributed by atoms with Gasteiger partial charge in [-0.25, -0.2) is 8.78 Å². The first-order chi connectivity index (χ1) is 27.0. The molecule has 0 amide bonds. The summed E-state index contributed by atoms with van der Waals surface area (Å²) in [6, 6.07) is 26.4. The average Bonchev–Trinajstić information content (AvgIpc) is 3.42. The number of aliphatic hydroxyl groups is 2. The van der Waals surface area contributed by atoms with Gasteiger partial charge < -0.3 is 10.2 Å². The monoisotopic (exact) mass is 808 g/mol. The van der Waals surface area contributed by atoms with Gasteiger partial charge in [0, 0.05) is 63.8 Å². The van der Waals surface area contributed by atoms with Crippen molar-refractivity contribution >= 4 is 23.5 Å². The number of rotatable bonds is 10. The molecule has 304 valence electrons. The Morgan fingerprint density at radius 2 is 0.911 bits per heavy atom. The van der Waals surface area contributed by atoms with Crippen molar-refractivity contribution in [2.45, 2.75) is 127 Å². The third kappa shape index (κ3) is 10.9. The molecular weight excluding hydrogens is 751 g/mol. The number of fused-ring (bicyclic) bond motifs is 2. The fourth-order valence-electron chi connectivity index (χ4n) is 8.28. The van der Waals surface area contributed by atoms with Crippen LogP contribution in [0.15, 0.2) is 94.7 Å². The Balaban J connectivity index is 0.000000276. The van der Waals surface area contributed by atoms with Gasteiger partial charge in [0.1, 0.15) is 11.6 Å². The first-order valence-electron chi connectivity index (χ1n) is 19.7. The Hall–Kier alpha value is -3.44. The third-order valence-electron chi connectivity index (χ3n) is 11.8. The van der Waals surface area contributed by atoms with Gasteiger partial charge in [-0.1, -0.05) is 113 Å². The zero-order valence-corrected chi connectivity index (χ0v) is 35.2. The van der Waals surface area contributed by atoms with Crippen molar-refractivity contribution in [3.8, 4) is 0 Å². The lowest BCUT2D eigenvalue weighted by Crippen LogP contribution is -2.40. The highest BCUT2D eigenvalue weighted by molar-refractivity contribution is 7.99. The smallest absolute Gasteiger partial charge is 0.123 e. The molecule has 0 unspecified atom stereocenters. The summed E-state index contributed by atoms with van der Waals surface area (Å²) in [6.45, 7) is 13.0. The van der Waals surface area contributed by atoms with Gasteiger partial charge in [-0.2, -0.15) is 0 Å². The van der Waals surface area contributed by atoms with E-state index in [-0.39, 0.29) is 34.3 Å². The molecule has 6 rings (SSSR count). The highest BCUT2D eigenvalue weighted by atomic mass is 32.2. The maximum atomic E-state index is 13.5. The minimum absolute atomic E-state index is 0.114. The molecule has 4 aromatic carbocycles. The fraction of sp³-hybridized carbons (Fsp3) is 0.478. The lowest BCUT2D eigenvalue weighted by molar-refractivity contribution is 0.0181. The Labute approximate surface area is 340 Å². The van der Waals surface area contributed by atoms with Crippen LogP contribution in [0.5, 0.6) is 0 Å². The van der Waals surface area contributed by atoms with Crippen molar-refractivity contribution in [1.29, 1.82) is 0 Å². The number of halogens is 2. The predicted molar refractivity (Wildman–Crippen MR) is 230 cm³/mol. The molecule has 6 nitrogen and oxygen atoms in total. The summed E-state index contributed by atoms with van der Waals surface area (Å²) in [6.07, 6.45) is 7.52. The van der Waals surface area contributed by atoms with Crippen molar-refractivity contribution in [2.75, 3.05) is 11.5 Å². The van der Waals surface area contributed by atoms with E-state index in [2.05, 4.69) is 77.9 Å². The van der Waals surface area contributed by atoms with Gasteiger partial charge in [0.05, 0.1) is 12.2 Å². The third-order valence-corrected chi connectivity index (χ3v) is 14.6. The van der Waals surface area contributed by atoms with Crippen LogP contribution in [0, 0.1) is 56.2 Å². The lowest BCUT2D eigenvalue weighted by atomic mass is 9.69. The molecule has 0 aliphatic carbocycles. The van der Waals surface area contributed by atoms with Gasteiger partial charge in [-0.05, 0) is 98.2 Å². The number of unbranched alkanes of at least 4 members (excludes halogenated alkanes) is 2. The first kappa shape index (κ1) is 46.9. The van der Waals surface area contributed by atoms with E-state index in [1.54, 1.807) is 0 Å². The van der Waals surface area contributed by atoms with E-state index in [0.29, 0.717) is 0 Å². The van der Waals surface area contributed by atoms with Crippen molar-refractivity contribution in [1.82, 2.24) is 0 Å². The van der Waals surface area contributed by atoms with E-state index >= 15 is 0 Å². The molecule has 0 saturated heterocycles. The summed E-state index contributed by atoms with van der Waals surface area (Å²) in [5.41, 5.74) is 6.52. The molecule has 0 radical (unpaired) electrons. The summed E-state index contributed by atoms with van der Waals surface area (Å²) in [5.74, 6) is 1.16. The quantitative estimate of drug-likeness (QED) is 0.163. The molecule has 4 aromatic rings. The molecule has 2 heterocycles. The number of hydrogen-bond acceptors (Lipinski definition) is 8. The first-order valence-corrected chi connectivity index (χ1v) is 21.7. The Morgan fingerprint density at radius 3 is 1.21 bits per heavy atom. The average molecular weight is 809 g/mol. The van der Waals surface area contributed by atoms with E-state index in [1.165, 1.54) is 56.3 Å². The van der Waals surface area contributed by atoms with Crippen molar-refractivity contribution < 1.29 is 19.0 Å². The van der Waals surface area contributed by atoms with Crippen LogP contribution >= 0.6 is 23.5 Å². The van der Waals surface area contributed by atoms with Crippen LogP contribution in [0.4, 0.5) is 8.78 Å². The maximum Gasteiger partial charge on any atom is 0.123 e. The van der Waals surface area contributed by atoms with Crippen LogP contribution in [-0.2, 0) is 0 Å². The van der Waals surface area contributed by atoms with E-state index in [4.69, 9.17) is 19.9 Å². The molecule has 6 atom stereocenters. The minimum atomic E-state index is -0.472. The second kappa shape index (κ2) is 22.5. The second-order valence-corrected chi connectivity index (χ2v) is 17.3. The number of thioether (sulfide) groups is 2. The van der Waals surface area contributed by atoms with Crippen LogP contribution in [0.2, 0.25) is 0 Å². The number of hydrogen-bond donors (Lipinski definition) is 2. The molecule has 0 spiro atoms. The summed E-state index contributed by atoms with van der Waals surface area (Å²) in [4.78, 5) is 30.5. The lowest BCUT2D eigenvalue weighted by Gasteiger charge is -2.39.